The predicted octanol–water partition coefficient (Wildman–Crippen LogP) is 3.41. The van der Waals surface area contributed by atoms with Crippen molar-refractivity contribution in [2.45, 2.75) is 19.4 Å². The van der Waals surface area contributed by atoms with Gasteiger partial charge in [0.25, 0.3) is 0 Å². The number of nitro groups is 1. The number of hydrogen-bond donors (Lipinski definition) is 1. The van der Waals surface area contributed by atoms with E-state index in [4.69, 9.17) is 0 Å². The van der Waals surface area contributed by atoms with Gasteiger partial charge in [-0.2, -0.15) is 0 Å². The molecule has 5 nitrogen and oxygen atoms in total. The zero-order valence-corrected chi connectivity index (χ0v) is 14.4. The molecular formula is C13H21Cl2N3O2S. The Morgan fingerprint density at radius 2 is 2.10 bits per heavy atom. The third-order valence-electron chi connectivity index (χ3n) is 3.26. The molecule has 1 saturated heterocycles. The maximum absolute atomic E-state index is 10.8. The van der Waals surface area contributed by atoms with Gasteiger partial charge in [-0.1, -0.05) is 16.9 Å². The number of nitrogens with one attached hydrogen (secondary N) is 1. The molecular weight excluding hydrogens is 333 g/mol. The van der Waals surface area contributed by atoms with Gasteiger partial charge < -0.3 is 5.32 Å². The van der Waals surface area contributed by atoms with Crippen molar-refractivity contribution in [2.75, 3.05) is 26.2 Å². The van der Waals surface area contributed by atoms with Crippen molar-refractivity contribution < 1.29 is 4.92 Å². The topological polar surface area (TPSA) is 58.4 Å². The largest absolute Gasteiger partial charge is 0.324 e. The first kappa shape index (κ1) is 20.3. The second-order valence-corrected chi connectivity index (χ2v) is 5.99. The lowest BCUT2D eigenvalue weighted by Crippen LogP contribution is -2.45. The maximum atomic E-state index is 10.8. The standard InChI is InChI=1S/C13H19N3O2S.2ClH/c1-10(2)9-11(15-7-5-14-6-8-15)12-3-4-13(19-12)16(17)18;;/h3-4,11,14H,1,5-9H2,2H3;2*1H/t11-;;/m1../s1. The number of piperazine rings is 1. The van der Waals surface area contributed by atoms with Gasteiger partial charge in [-0.3, -0.25) is 15.0 Å². The number of thiophene rings is 1. The third-order valence-corrected chi connectivity index (χ3v) is 4.39. The average Bonchev–Trinajstić information content (AvgIpc) is 2.86. The van der Waals surface area contributed by atoms with Crippen LogP contribution in [0, 0.1) is 10.1 Å². The fourth-order valence-electron chi connectivity index (χ4n) is 2.35. The van der Waals surface area contributed by atoms with Gasteiger partial charge >= 0.3 is 5.00 Å². The van der Waals surface area contributed by atoms with E-state index in [0.29, 0.717) is 0 Å². The minimum atomic E-state index is -0.316. The Hall–Kier alpha value is -0.660. The van der Waals surface area contributed by atoms with Gasteiger partial charge in [0.2, 0.25) is 0 Å². The van der Waals surface area contributed by atoms with E-state index < -0.39 is 0 Å². The second kappa shape index (κ2) is 9.38. The summed E-state index contributed by atoms with van der Waals surface area (Å²) in [5.74, 6) is 0. The van der Waals surface area contributed by atoms with E-state index in [1.807, 2.05) is 13.0 Å². The van der Waals surface area contributed by atoms with Crippen LogP contribution in [0.5, 0.6) is 0 Å². The summed E-state index contributed by atoms with van der Waals surface area (Å²) in [4.78, 5) is 14.0. The molecule has 1 aliphatic heterocycles. The lowest BCUT2D eigenvalue weighted by atomic mass is 10.0. The van der Waals surface area contributed by atoms with Crippen molar-refractivity contribution >= 4 is 41.2 Å². The quantitative estimate of drug-likeness (QED) is 0.500. The highest BCUT2D eigenvalue weighted by atomic mass is 35.5. The summed E-state index contributed by atoms with van der Waals surface area (Å²) in [5.41, 5.74) is 1.11. The third kappa shape index (κ3) is 5.56. The highest BCUT2D eigenvalue weighted by molar-refractivity contribution is 7.15. The molecule has 0 radical (unpaired) electrons. The van der Waals surface area contributed by atoms with Crippen LogP contribution >= 0.6 is 36.2 Å². The Morgan fingerprint density at radius 3 is 2.57 bits per heavy atom. The summed E-state index contributed by atoms with van der Waals surface area (Å²) >= 11 is 1.28. The molecule has 2 rings (SSSR count). The Kier molecular flexibility index (Phi) is 9.08. The van der Waals surface area contributed by atoms with E-state index in [-0.39, 0.29) is 40.8 Å². The molecule has 0 saturated carbocycles. The summed E-state index contributed by atoms with van der Waals surface area (Å²) in [7, 11) is 0. The highest BCUT2D eigenvalue weighted by Crippen LogP contribution is 2.35. The van der Waals surface area contributed by atoms with Gasteiger partial charge in [-0.15, -0.1) is 31.4 Å². The monoisotopic (exact) mass is 353 g/mol. The summed E-state index contributed by atoms with van der Waals surface area (Å²) in [5, 5.41) is 14.4. The van der Waals surface area contributed by atoms with E-state index in [1.54, 1.807) is 6.07 Å². The Balaban J connectivity index is 0.00000200. The van der Waals surface area contributed by atoms with Crippen LogP contribution in [-0.2, 0) is 0 Å². The van der Waals surface area contributed by atoms with Gasteiger partial charge in [0.15, 0.2) is 0 Å². The molecule has 1 aliphatic rings. The minimum Gasteiger partial charge on any atom is -0.314 e. The van der Waals surface area contributed by atoms with Crippen LogP contribution in [-0.4, -0.2) is 36.0 Å². The fraction of sp³-hybridized carbons (Fsp3) is 0.538. The van der Waals surface area contributed by atoms with Gasteiger partial charge in [0.1, 0.15) is 0 Å². The SMILES string of the molecule is C=C(C)C[C@H](c1ccc([N+](=O)[O-])s1)N1CCNCC1.Cl.Cl. The lowest BCUT2D eigenvalue weighted by Gasteiger charge is -2.34. The zero-order chi connectivity index (χ0) is 13.8. The Bertz CT molecular complexity index is 476. The number of hydrogen-bond acceptors (Lipinski definition) is 5. The summed E-state index contributed by atoms with van der Waals surface area (Å²) < 4.78 is 0. The molecule has 21 heavy (non-hydrogen) atoms. The first-order valence-corrected chi connectivity index (χ1v) is 7.23. The molecule has 0 unspecified atom stereocenters. The molecule has 1 fully saturated rings. The van der Waals surface area contributed by atoms with Crippen LogP contribution < -0.4 is 5.32 Å². The van der Waals surface area contributed by atoms with E-state index in [2.05, 4.69) is 16.8 Å². The highest BCUT2D eigenvalue weighted by Gasteiger charge is 2.25. The molecule has 1 N–H and O–H groups in total. The number of nitrogens with zero attached hydrogens (tertiary/aromatic N) is 2. The molecule has 0 amide bonds. The van der Waals surface area contributed by atoms with Crippen molar-refractivity contribution in [1.82, 2.24) is 10.2 Å². The summed E-state index contributed by atoms with van der Waals surface area (Å²) in [6, 6.07) is 3.71. The molecule has 0 aromatic carbocycles. The molecule has 8 heteroatoms. The first-order valence-electron chi connectivity index (χ1n) is 6.41. The predicted molar refractivity (Wildman–Crippen MR) is 92.1 cm³/mol. The van der Waals surface area contributed by atoms with Gasteiger partial charge in [-0.05, 0) is 19.4 Å². The van der Waals surface area contributed by atoms with E-state index in [1.165, 1.54) is 11.3 Å². The van der Waals surface area contributed by atoms with Crippen LogP contribution in [0.2, 0.25) is 0 Å². The van der Waals surface area contributed by atoms with E-state index >= 15 is 0 Å². The molecule has 2 heterocycles. The Labute approximate surface area is 141 Å². The van der Waals surface area contributed by atoms with Gasteiger partial charge in [-0.25, -0.2) is 0 Å². The van der Waals surface area contributed by atoms with Crippen molar-refractivity contribution in [3.63, 3.8) is 0 Å². The van der Waals surface area contributed by atoms with Crippen molar-refractivity contribution in [1.29, 1.82) is 0 Å². The van der Waals surface area contributed by atoms with Crippen molar-refractivity contribution in [2.24, 2.45) is 0 Å². The minimum absolute atomic E-state index is 0. The summed E-state index contributed by atoms with van der Waals surface area (Å²) in [6.45, 7) is 9.89. The van der Waals surface area contributed by atoms with Crippen LogP contribution in [0.15, 0.2) is 24.3 Å². The van der Waals surface area contributed by atoms with Gasteiger partial charge in [0, 0.05) is 43.2 Å². The second-order valence-electron chi connectivity index (χ2n) is 4.90. The molecule has 120 valence electrons. The van der Waals surface area contributed by atoms with Crippen LogP contribution in [0.4, 0.5) is 5.00 Å². The summed E-state index contributed by atoms with van der Waals surface area (Å²) in [6.07, 6.45) is 0.859. The molecule has 1 atom stereocenters. The molecule has 0 bridgehead atoms. The van der Waals surface area contributed by atoms with Crippen molar-refractivity contribution in [3.05, 3.63) is 39.3 Å². The smallest absolute Gasteiger partial charge is 0.314 e. The lowest BCUT2D eigenvalue weighted by molar-refractivity contribution is -0.380. The van der Waals surface area contributed by atoms with E-state index in [9.17, 15) is 10.1 Å². The van der Waals surface area contributed by atoms with Crippen LogP contribution in [0.1, 0.15) is 24.3 Å². The van der Waals surface area contributed by atoms with Gasteiger partial charge in [0.05, 0.1) is 4.92 Å². The molecule has 1 aromatic heterocycles. The number of rotatable bonds is 5. The normalized spacial score (nSPS) is 16.4. The molecule has 0 aliphatic carbocycles. The van der Waals surface area contributed by atoms with E-state index in [0.717, 1.165) is 43.1 Å². The van der Waals surface area contributed by atoms with Crippen LogP contribution in [0.3, 0.4) is 0 Å². The van der Waals surface area contributed by atoms with Crippen molar-refractivity contribution in [3.8, 4) is 0 Å². The molecule has 1 aromatic rings. The maximum Gasteiger partial charge on any atom is 0.324 e. The fourth-order valence-corrected chi connectivity index (χ4v) is 3.31. The number of halogens is 2. The average molecular weight is 354 g/mol. The van der Waals surface area contributed by atoms with Crippen LogP contribution in [0.25, 0.3) is 0 Å². The first-order chi connectivity index (χ1) is 9.08. The molecule has 0 spiro atoms. The Morgan fingerprint density at radius 1 is 1.48 bits per heavy atom. The zero-order valence-electron chi connectivity index (χ0n) is 11.9.